The number of nitrogens with zero attached hydrogens (tertiary/aromatic N) is 1. The molecule has 1 heterocycles. The van der Waals surface area contributed by atoms with Gasteiger partial charge in [-0.15, -0.1) is 0 Å². The Bertz CT molecular complexity index is 993. The molecule has 31 heavy (non-hydrogen) atoms. The monoisotopic (exact) mass is 460 g/mol. The van der Waals surface area contributed by atoms with Crippen LogP contribution in [0.15, 0.2) is 36.4 Å². The van der Waals surface area contributed by atoms with Gasteiger partial charge in [0, 0.05) is 29.4 Å². The van der Waals surface area contributed by atoms with E-state index in [0.717, 1.165) is 19.4 Å². The average molecular weight is 461 g/mol. The van der Waals surface area contributed by atoms with Gasteiger partial charge in [0.1, 0.15) is 5.75 Å². The van der Waals surface area contributed by atoms with Crippen LogP contribution < -0.4 is 10.1 Å². The lowest BCUT2D eigenvalue weighted by Gasteiger charge is -2.44. The largest absolute Gasteiger partial charge is 0.496 e. The third-order valence-electron chi connectivity index (χ3n) is 6.37. The molecule has 0 unspecified atom stereocenters. The number of ether oxygens (including phenoxy) is 1. The number of carbonyl (C=O) groups is 2. The van der Waals surface area contributed by atoms with Crippen LogP contribution in [0.2, 0.25) is 10.0 Å². The molecular weight excluding hydrogens is 435 g/mol. The molecule has 1 aliphatic carbocycles. The van der Waals surface area contributed by atoms with Crippen LogP contribution in [0.5, 0.6) is 5.75 Å². The number of rotatable bonds is 4. The fourth-order valence-corrected chi connectivity index (χ4v) is 5.34. The van der Waals surface area contributed by atoms with Gasteiger partial charge in [0.25, 0.3) is 11.8 Å². The summed E-state index contributed by atoms with van der Waals surface area (Å²) in [6.45, 7) is 0.788. The summed E-state index contributed by atoms with van der Waals surface area (Å²) in [5.41, 5.74) is 1.37. The normalized spacial score (nSPS) is 20.7. The van der Waals surface area contributed by atoms with Crippen molar-refractivity contribution >= 4 is 40.7 Å². The van der Waals surface area contributed by atoms with E-state index in [9.17, 15) is 9.59 Å². The molecule has 7 heteroatoms. The first kappa shape index (κ1) is 22.0. The van der Waals surface area contributed by atoms with E-state index in [0.29, 0.717) is 39.5 Å². The highest BCUT2D eigenvalue weighted by molar-refractivity contribution is 6.37. The molecule has 4 rings (SSSR count). The summed E-state index contributed by atoms with van der Waals surface area (Å²) in [5, 5.41) is 3.55. The molecular formula is C24H26Cl2N2O3. The molecule has 2 aromatic rings. The Morgan fingerprint density at radius 2 is 1.74 bits per heavy atom. The third kappa shape index (κ3) is 4.68. The van der Waals surface area contributed by atoms with Crippen molar-refractivity contribution in [1.82, 2.24) is 4.90 Å². The molecule has 2 aliphatic rings. The lowest BCUT2D eigenvalue weighted by molar-refractivity contribution is 0.0388. The third-order valence-corrected chi connectivity index (χ3v) is 6.92. The van der Waals surface area contributed by atoms with Crippen molar-refractivity contribution < 1.29 is 14.3 Å². The molecule has 2 amide bonds. The van der Waals surface area contributed by atoms with Crippen LogP contribution in [-0.2, 0) is 0 Å². The highest BCUT2D eigenvalue weighted by Crippen LogP contribution is 2.37. The van der Waals surface area contributed by atoms with Gasteiger partial charge < -0.3 is 15.0 Å². The van der Waals surface area contributed by atoms with Gasteiger partial charge in [-0.3, -0.25) is 9.59 Å². The number of fused-ring (bicyclic) bond motifs is 1. The number of hydrogen-bond acceptors (Lipinski definition) is 3. The highest BCUT2D eigenvalue weighted by Gasteiger charge is 2.36. The Kier molecular flexibility index (Phi) is 6.73. The second-order valence-corrected chi connectivity index (χ2v) is 9.09. The van der Waals surface area contributed by atoms with Crippen molar-refractivity contribution in [3.8, 4) is 5.75 Å². The van der Waals surface area contributed by atoms with Crippen LogP contribution in [0, 0.1) is 5.92 Å². The number of likely N-dealkylation sites (tertiary alicyclic amines) is 1. The predicted molar refractivity (Wildman–Crippen MR) is 123 cm³/mol. The SMILES string of the molecule is COc1cc(NC(=O)c2ccc(Cl)cc2Cl)ccc1C(=O)N1CCC[C@@H]2CCCC[C@@H]21. The maximum atomic E-state index is 13.4. The summed E-state index contributed by atoms with van der Waals surface area (Å²) < 4.78 is 5.52. The first-order valence-electron chi connectivity index (χ1n) is 10.7. The lowest BCUT2D eigenvalue weighted by Crippen LogP contribution is -2.49. The Hall–Kier alpha value is -2.24. The van der Waals surface area contributed by atoms with Crippen LogP contribution in [0.1, 0.15) is 59.2 Å². The molecule has 1 N–H and O–H groups in total. The molecule has 5 nitrogen and oxygen atoms in total. The van der Waals surface area contributed by atoms with Crippen LogP contribution in [0.3, 0.4) is 0 Å². The number of hydrogen-bond donors (Lipinski definition) is 1. The fourth-order valence-electron chi connectivity index (χ4n) is 4.85. The highest BCUT2D eigenvalue weighted by atomic mass is 35.5. The molecule has 0 aromatic heterocycles. The molecule has 1 saturated carbocycles. The summed E-state index contributed by atoms with van der Waals surface area (Å²) >= 11 is 12.0. The number of methoxy groups -OCH3 is 1. The van der Waals surface area contributed by atoms with Gasteiger partial charge in [-0.2, -0.15) is 0 Å². The molecule has 0 spiro atoms. The minimum Gasteiger partial charge on any atom is -0.496 e. The fraction of sp³-hybridized carbons (Fsp3) is 0.417. The number of amides is 2. The molecule has 2 atom stereocenters. The Labute approximate surface area is 192 Å². The Balaban J connectivity index is 1.54. The quantitative estimate of drug-likeness (QED) is 0.603. The smallest absolute Gasteiger partial charge is 0.257 e. The minimum atomic E-state index is -0.358. The number of nitrogens with one attached hydrogen (secondary N) is 1. The van der Waals surface area contributed by atoms with Gasteiger partial charge in [-0.25, -0.2) is 0 Å². The van der Waals surface area contributed by atoms with Crippen molar-refractivity contribution in [2.24, 2.45) is 5.92 Å². The van der Waals surface area contributed by atoms with Gasteiger partial charge in [-0.1, -0.05) is 36.0 Å². The topological polar surface area (TPSA) is 58.6 Å². The van der Waals surface area contributed by atoms with Gasteiger partial charge in [-0.05, 0) is 61.9 Å². The van der Waals surface area contributed by atoms with Crippen LogP contribution in [0.25, 0.3) is 0 Å². The number of piperidine rings is 1. The van der Waals surface area contributed by atoms with Crippen molar-refractivity contribution in [3.63, 3.8) is 0 Å². The number of anilines is 1. The molecule has 0 bridgehead atoms. The zero-order valence-electron chi connectivity index (χ0n) is 17.5. The Morgan fingerprint density at radius 3 is 2.52 bits per heavy atom. The number of carbonyl (C=O) groups excluding carboxylic acids is 2. The first-order chi connectivity index (χ1) is 15.0. The van der Waals surface area contributed by atoms with Crippen molar-refractivity contribution in [1.29, 1.82) is 0 Å². The predicted octanol–water partition coefficient (Wildman–Crippen LogP) is 6.05. The van der Waals surface area contributed by atoms with Gasteiger partial charge in [0.05, 0.1) is 23.3 Å². The van der Waals surface area contributed by atoms with E-state index in [1.807, 2.05) is 4.90 Å². The summed E-state index contributed by atoms with van der Waals surface area (Å²) in [5.74, 6) is 0.707. The van der Waals surface area contributed by atoms with Crippen molar-refractivity contribution in [2.75, 3.05) is 19.0 Å². The van der Waals surface area contributed by atoms with E-state index in [1.165, 1.54) is 38.9 Å². The first-order valence-corrected chi connectivity index (χ1v) is 11.5. The molecule has 0 radical (unpaired) electrons. The van der Waals surface area contributed by atoms with E-state index >= 15 is 0 Å². The van der Waals surface area contributed by atoms with Crippen LogP contribution in [0.4, 0.5) is 5.69 Å². The van der Waals surface area contributed by atoms with Crippen molar-refractivity contribution in [3.05, 3.63) is 57.6 Å². The Morgan fingerprint density at radius 1 is 1.00 bits per heavy atom. The zero-order valence-corrected chi connectivity index (χ0v) is 19.0. The van der Waals surface area contributed by atoms with Gasteiger partial charge in [0.15, 0.2) is 0 Å². The molecule has 2 fully saturated rings. The standard InChI is InChI=1S/C24H26Cl2N2O3/c1-31-22-14-17(27-23(29)18-10-8-16(25)13-20(18)26)9-11-19(22)24(30)28-12-4-6-15-5-2-3-7-21(15)28/h8-11,13-15,21H,2-7,12H2,1H3,(H,27,29)/t15-,21-/m0/s1. The molecule has 1 aliphatic heterocycles. The van der Waals surface area contributed by atoms with Crippen LogP contribution >= 0.6 is 23.2 Å². The maximum absolute atomic E-state index is 13.4. The minimum absolute atomic E-state index is 0.00655. The summed E-state index contributed by atoms with van der Waals surface area (Å²) in [6, 6.07) is 10.2. The summed E-state index contributed by atoms with van der Waals surface area (Å²) in [4.78, 5) is 28.0. The number of benzene rings is 2. The molecule has 2 aromatic carbocycles. The van der Waals surface area contributed by atoms with Gasteiger partial charge in [0.2, 0.25) is 0 Å². The summed E-state index contributed by atoms with van der Waals surface area (Å²) in [6.07, 6.45) is 6.99. The van der Waals surface area contributed by atoms with E-state index in [2.05, 4.69) is 5.32 Å². The average Bonchev–Trinajstić information content (AvgIpc) is 2.78. The van der Waals surface area contributed by atoms with E-state index in [-0.39, 0.29) is 16.8 Å². The molecule has 1 saturated heterocycles. The molecule has 164 valence electrons. The maximum Gasteiger partial charge on any atom is 0.257 e. The van der Waals surface area contributed by atoms with Crippen molar-refractivity contribution in [2.45, 2.75) is 44.6 Å². The van der Waals surface area contributed by atoms with Crippen LogP contribution in [-0.4, -0.2) is 36.4 Å². The number of halogens is 2. The van der Waals surface area contributed by atoms with E-state index in [4.69, 9.17) is 27.9 Å². The van der Waals surface area contributed by atoms with Gasteiger partial charge >= 0.3 is 0 Å². The second-order valence-electron chi connectivity index (χ2n) is 8.25. The summed E-state index contributed by atoms with van der Waals surface area (Å²) in [7, 11) is 1.54. The van der Waals surface area contributed by atoms with E-state index in [1.54, 1.807) is 30.3 Å². The van der Waals surface area contributed by atoms with E-state index < -0.39 is 0 Å². The second kappa shape index (κ2) is 9.49. The lowest BCUT2D eigenvalue weighted by atomic mass is 9.78. The zero-order chi connectivity index (χ0) is 22.0.